The Bertz CT molecular complexity index is 1090. The number of pyridine rings is 1. The molecule has 4 rings (SSSR count). The Balaban J connectivity index is 1.48. The van der Waals surface area contributed by atoms with Crippen molar-refractivity contribution in [3.63, 3.8) is 0 Å². The van der Waals surface area contributed by atoms with Crippen molar-refractivity contribution in [2.75, 3.05) is 6.54 Å². The van der Waals surface area contributed by atoms with Gasteiger partial charge in [0, 0.05) is 53.0 Å². The van der Waals surface area contributed by atoms with Gasteiger partial charge in [0.15, 0.2) is 0 Å². The fourth-order valence-electron chi connectivity index (χ4n) is 3.92. The van der Waals surface area contributed by atoms with E-state index in [0.29, 0.717) is 18.7 Å². The van der Waals surface area contributed by atoms with E-state index in [1.165, 1.54) is 17.3 Å². The first-order valence-electron chi connectivity index (χ1n) is 10.1. The maximum Gasteiger partial charge on any atom is 0.273 e. The summed E-state index contributed by atoms with van der Waals surface area (Å²) >= 11 is 0. The van der Waals surface area contributed by atoms with Gasteiger partial charge in [0.1, 0.15) is 0 Å². The normalized spacial score (nSPS) is 13.0. The standard InChI is InChI=1S/C22H23N5O3/c1-15-6-7-17(14-20(15)27(29)30)22(28)24-12-13-26-19-5-3-2-4-18(19)21(25-26)16-8-10-23-11-9-16/h6-11,14H,2-5,12-13H2,1H3,(H,24,28). The molecule has 0 aliphatic heterocycles. The summed E-state index contributed by atoms with van der Waals surface area (Å²) in [5.74, 6) is -0.325. The van der Waals surface area contributed by atoms with Gasteiger partial charge in [-0.15, -0.1) is 0 Å². The number of amides is 1. The van der Waals surface area contributed by atoms with E-state index in [0.717, 1.165) is 36.9 Å². The third-order valence-corrected chi connectivity index (χ3v) is 5.49. The lowest BCUT2D eigenvalue weighted by Crippen LogP contribution is -2.28. The number of nitro groups is 1. The highest BCUT2D eigenvalue weighted by Gasteiger charge is 2.22. The highest BCUT2D eigenvalue weighted by atomic mass is 16.6. The SMILES string of the molecule is Cc1ccc(C(=O)NCCn2nc(-c3ccncc3)c3c2CCCC3)cc1[N+](=O)[O-]. The maximum atomic E-state index is 12.5. The van der Waals surface area contributed by atoms with Gasteiger partial charge in [0.2, 0.25) is 0 Å². The van der Waals surface area contributed by atoms with Crippen molar-refractivity contribution < 1.29 is 9.72 Å². The van der Waals surface area contributed by atoms with Gasteiger partial charge in [-0.25, -0.2) is 0 Å². The number of carbonyl (C=O) groups excluding carboxylic acids is 1. The smallest absolute Gasteiger partial charge is 0.273 e. The number of hydrogen-bond acceptors (Lipinski definition) is 5. The number of nitrogens with one attached hydrogen (secondary N) is 1. The zero-order chi connectivity index (χ0) is 21.1. The summed E-state index contributed by atoms with van der Waals surface area (Å²) in [6, 6.07) is 8.45. The first-order valence-corrected chi connectivity index (χ1v) is 10.1. The first-order chi connectivity index (χ1) is 14.5. The number of carbonyl (C=O) groups is 1. The van der Waals surface area contributed by atoms with E-state index >= 15 is 0 Å². The van der Waals surface area contributed by atoms with Gasteiger partial charge in [-0.3, -0.25) is 24.6 Å². The molecule has 1 N–H and O–H groups in total. The molecule has 1 aliphatic carbocycles. The van der Waals surface area contributed by atoms with Crippen molar-refractivity contribution in [2.45, 2.75) is 39.2 Å². The highest BCUT2D eigenvalue weighted by Crippen LogP contribution is 2.30. The predicted octanol–water partition coefficient (Wildman–Crippen LogP) is 3.47. The lowest BCUT2D eigenvalue weighted by atomic mass is 9.94. The minimum Gasteiger partial charge on any atom is -0.350 e. The van der Waals surface area contributed by atoms with Gasteiger partial charge in [-0.2, -0.15) is 5.10 Å². The van der Waals surface area contributed by atoms with Crippen LogP contribution in [0.15, 0.2) is 42.7 Å². The number of rotatable bonds is 6. The van der Waals surface area contributed by atoms with Crippen molar-refractivity contribution in [3.05, 3.63) is 75.2 Å². The first kappa shape index (κ1) is 19.8. The molecule has 0 saturated carbocycles. The molecule has 2 aromatic heterocycles. The number of aryl methyl sites for hydroxylation is 1. The molecule has 0 atom stereocenters. The number of nitro benzene ring substituents is 1. The van der Waals surface area contributed by atoms with Crippen LogP contribution in [0.5, 0.6) is 0 Å². The molecule has 154 valence electrons. The van der Waals surface area contributed by atoms with E-state index in [9.17, 15) is 14.9 Å². The number of benzene rings is 1. The summed E-state index contributed by atoms with van der Waals surface area (Å²) in [5.41, 5.74) is 5.33. The molecule has 0 unspecified atom stereocenters. The fourth-order valence-corrected chi connectivity index (χ4v) is 3.92. The average Bonchev–Trinajstić information content (AvgIpc) is 3.13. The Kier molecular flexibility index (Phi) is 5.56. The molecule has 3 aromatic rings. The minimum absolute atomic E-state index is 0.0502. The third-order valence-electron chi connectivity index (χ3n) is 5.49. The molecule has 0 saturated heterocycles. The molecular formula is C22H23N5O3. The Morgan fingerprint density at radius 2 is 1.97 bits per heavy atom. The van der Waals surface area contributed by atoms with Gasteiger partial charge in [-0.05, 0) is 50.8 Å². The van der Waals surface area contributed by atoms with E-state index in [-0.39, 0.29) is 17.2 Å². The maximum absolute atomic E-state index is 12.5. The summed E-state index contributed by atoms with van der Waals surface area (Å²) in [7, 11) is 0. The molecule has 0 spiro atoms. The zero-order valence-corrected chi connectivity index (χ0v) is 16.8. The van der Waals surface area contributed by atoms with Crippen LogP contribution in [0.1, 0.15) is 40.0 Å². The predicted molar refractivity (Wildman–Crippen MR) is 112 cm³/mol. The fraction of sp³-hybridized carbons (Fsp3) is 0.318. The molecule has 0 radical (unpaired) electrons. The number of aromatic nitrogens is 3. The molecular weight excluding hydrogens is 382 g/mol. The molecule has 1 amide bonds. The van der Waals surface area contributed by atoms with E-state index in [1.807, 2.05) is 16.8 Å². The van der Waals surface area contributed by atoms with Crippen molar-refractivity contribution in [2.24, 2.45) is 0 Å². The third kappa shape index (κ3) is 3.94. The van der Waals surface area contributed by atoms with Crippen LogP contribution in [0, 0.1) is 17.0 Å². The van der Waals surface area contributed by atoms with Crippen molar-refractivity contribution >= 4 is 11.6 Å². The van der Waals surface area contributed by atoms with Crippen molar-refractivity contribution in [1.82, 2.24) is 20.1 Å². The van der Waals surface area contributed by atoms with Crippen LogP contribution in [-0.4, -0.2) is 32.1 Å². The quantitative estimate of drug-likeness (QED) is 0.500. The lowest BCUT2D eigenvalue weighted by Gasteiger charge is -2.14. The van der Waals surface area contributed by atoms with Gasteiger partial charge in [-0.1, -0.05) is 6.07 Å². The molecule has 8 heteroatoms. The van der Waals surface area contributed by atoms with Crippen molar-refractivity contribution in [3.8, 4) is 11.3 Å². The van der Waals surface area contributed by atoms with E-state index in [2.05, 4.69) is 10.3 Å². The lowest BCUT2D eigenvalue weighted by molar-refractivity contribution is -0.385. The highest BCUT2D eigenvalue weighted by molar-refractivity contribution is 5.94. The molecule has 0 bridgehead atoms. The van der Waals surface area contributed by atoms with Crippen molar-refractivity contribution in [1.29, 1.82) is 0 Å². The van der Waals surface area contributed by atoms with Crippen LogP contribution in [0.2, 0.25) is 0 Å². The van der Waals surface area contributed by atoms with Gasteiger partial charge < -0.3 is 5.32 Å². The Morgan fingerprint density at radius 3 is 2.73 bits per heavy atom. The Hall–Kier alpha value is -3.55. The number of hydrogen-bond donors (Lipinski definition) is 1. The molecule has 2 heterocycles. The summed E-state index contributed by atoms with van der Waals surface area (Å²) < 4.78 is 1.99. The van der Waals surface area contributed by atoms with Crippen LogP contribution >= 0.6 is 0 Å². The Morgan fingerprint density at radius 1 is 1.20 bits per heavy atom. The average molecular weight is 405 g/mol. The molecule has 8 nitrogen and oxygen atoms in total. The monoisotopic (exact) mass is 405 g/mol. The van der Waals surface area contributed by atoms with Crippen LogP contribution in [0.25, 0.3) is 11.3 Å². The van der Waals surface area contributed by atoms with E-state index in [4.69, 9.17) is 5.10 Å². The minimum atomic E-state index is -0.469. The summed E-state index contributed by atoms with van der Waals surface area (Å²) in [6.45, 7) is 2.60. The van der Waals surface area contributed by atoms with Gasteiger partial charge >= 0.3 is 0 Å². The topological polar surface area (TPSA) is 103 Å². The van der Waals surface area contributed by atoms with E-state index in [1.54, 1.807) is 31.5 Å². The van der Waals surface area contributed by atoms with Crippen LogP contribution < -0.4 is 5.32 Å². The second-order valence-corrected chi connectivity index (χ2v) is 7.45. The summed E-state index contributed by atoms with van der Waals surface area (Å²) in [6.07, 6.45) is 7.81. The molecule has 0 fully saturated rings. The van der Waals surface area contributed by atoms with Crippen LogP contribution in [0.3, 0.4) is 0 Å². The second-order valence-electron chi connectivity index (χ2n) is 7.45. The van der Waals surface area contributed by atoms with Crippen LogP contribution in [0.4, 0.5) is 5.69 Å². The summed E-state index contributed by atoms with van der Waals surface area (Å²) in [5, 5.41) is 18.8. The van der Waals surface area contributed by atoms with Gasteiger partial charge in [0.05, 0.1) is 17.2 Å². The second kappa shape index (κ2) is 8.44. The largest absolute Gasteiger partial charge is 0.350 e. The summed E-state index contributed by atoms with van der Waals surface area (Å²) in [4.78, 5) is 27.2. The molecule has 1 aliphatic rings. The zero-order valence-electron chi connectivity index (χ0n) is 16.8. The van der Waals surface area contributed by atoms with Crippen LogP contribution in [-0.2, 0) is 19.4 Å². The molecule has 30 heavy (non-hydrogen) atoms. The van der Waals surface area contributed by atoms with Gasteiger partial charge in [0.25, 0.3) is 11.6 Å². The number of nitrogens with zero attached hydrogens (tertiary/aromatic N) is 4. The number of fused-ring (bicyclic) bond motifs is 1. The molecule has 1 aromatic carbocycles. The Labute approximate surface area is 174 Å². The van der Waals surface area contributed by atoms with E-state index < -0.39 is 4.92 Å².